The Kier molecular flexibility index (Phi) is 5.73. The minimum absolute atomic E-state index is 0.378. The quantitative estimate of drug-likeness (QED) is 0.864. The fourth-order valence-corrected chi connectivity index (χ4v) is 3.19. The number of nitrogens with zero attached hydrogens (tertiary/aromatic N) is 6. The third-order valence-electron chi connectivity index (χ3n) is 4.73. The second kappa shape index (κ2) is 8.18. The van der Waals surface area contributed by atoms with Gasteiger partial charge in [-0.05, 0) is 32.1 Å². The summed E-state index contributed by atoms with van der Waals surface area (Å²) in [5.74, 6) is 1.69. The van der Waals surface area contributed by atoms with Gasteiger partial charge >= 0.3 is 0 Å². The molecule has 0 spiro atoms. The van der Waals surface area contributed by atoms with E-state index in [1.807, 2.05) is 0 Å². The molecule has 1 aliphatic rings. The van der Waals surface area contributed by atoms with Gasteiger partial charge in [-0.25, -0.2) is 15.0 Å². The topological polar surface area (TPSA) is 79.7 Å². The van der Waals surface area contributed by atoms with E-state index in [1.165, 1.54) is 0 Å². The van der Waals surface area contributed by atoms with Gasteiger partial charge < -0.3 is 10.2 Å². The standard InChI is InChI=1S/C18H27N7/c1-4-13-11-17(20-12-19-13)25-9-7-14(8-10-25)21-18-22-15(5-2)16(6-3)23-24-18/h11-12,14H,4-10H2,1-3H3,(H,21,22,24). The Labute approximate surface area is 149 Å². The van der Waals surface area contributed by atoms with Crippen LogP contribution in [0.3, 0.4) is 0 Å². The van der Waals surface area contributed by atoms with E-state index in [2.05, 4.69) is 62.2 Å². The largest absolute Gasteiger partial charge is 0.356 e. The van der Waals surface area contributed by atoms with E-state index in [0.29, 0.717) is 12.0 Å². The maximum absolute atomic E-state index is 4.64. The van der Waals surface area contributed by atoms with Crippen LogP contribution in [-0.2, 0) is 19.3 Å². The Bertz CT molecular complexity index is 696. The third kappa shape index (κ3) is 4.21. The number of rotatable bonds is 6. The monoisotopic (exact) mass is 341 g/mol. The van der Waals surface area contributed by atoms with E-state index in [0.717, 1.165) is 68.1 Å². The van der Waals surface area contributed by atoms with Gasteiger partial charge in [0.15, 0.2) is 0 Å². The second-order valence-electron chi connectivity index (χ2n) is 6.36. The van der Waals surface area contributed by atoms with Crippen molar-refractivity contribution in [2.45, 2.75) is 58.9 Å². The maximum Gasteiger partial charge on any atom is 0.243 e. The van der Waals surface area contributed by atoms with E-state index in [9.17, 15) is 0 Å². The highest BCUT2D eigenvalue weighted by Crippen LogP contribution is 2.20. The SMILES string of the molecule is CCc1cc(N2CCC(Nc3nnc(CC)c(CC)n3)CC2)ncn1. The summed E-state index contributed by atoms with van der Waals surface area (Å²) in [7, 11) is 0. The fourth-order valence-electron chi connectivity index (χ4n) is 3.19. The molecule has 0 unspecified atom stereocenters. The number of aromatic nitrogens is 5. The van der Waals surface area contributed by atoms with Crippen molar-refractivity contribution < 1.29 is 0 Å². The number of anilines is 2. The van der Waals surface area contributed by atoms with Crippen LogP contribution in [0.15, 0.2) is 12.4 Å². The van der Waals surface area contributed by atoms with Gasteiger partial charge in [0.1, 0.15) is 12.1 Å². The third-order valence-corrected chi connectivity index (χ3v) is 4.73. The lowest BCUT2D eigenvalue weighted by Crippen LogP contribution is -2.40. The molecule has 7 heteroatoms. The molecule has 3 heterocycles. The Morgan fingerprint density at radius 3 is 2.44 bits per heavy atom. The van der Waals surface area contributed by atoms with Crippen molar-refractivity contribution in [1.29, 1.82) is 0 Å². The van der Waals surface area contributed by atoms with Gasteiger partial charge in [-0.2, -0.15) is 5.10 Å². The maximum atomic E-state index is 4.64. The zero-order valence-corrected chi connectivity index (χ0v) is 15.4. The first-order valence-corrected chi connectivity index (χ1v) is 9.28. The first-order chi connectivity index (χ1) is 12.2. The van der Waals surface area contributed by atoms with Crippen LogP contribution in [-0.4, -0.2) is 44.3 Å². The summed E-state index contributed by atoms with van der Waals surface area (Å²) in [5, 5.41) is 12.0. The normalized spacial score (nSPS) is 15.4. The molecule has 7 nitrogen and oxygen atoms in total. The minimum atomic E-state index is 0.378. The smallest absolute Gasteiger partial charge is 0.243 e. The molecular weight excluding hydrogens is 314 g/mol. The predicted octanol–water partition coefficient (Wildman–Crippen LogP) is 2.43. The Hall–Kier alpha value is -2.31. The lowest BCUT2D eigenvalue weighted by Gasteiger charge is -2.33. The van der Waals surface area contributed by atoms with E-state index in [1.54, 1.807) is 6.33 Å². The first kappa shape index (κ1) is 17.5. The van der Waals surface area contributed by atoms with Gasteiger partial charge in [-0.1, -0.05) is 20.8 Å². The number of hydrogen-bond acceptors (Lipinski definition) is 7. The highest BCUT2D eigenvalue weighted by Gasteiger charge is 2.21. The summed E-state index contributed by atoms with van der Waals surface area (Å²) in [5.41, 5.74) is 3.14. The van der Waals surface area contributed by atoms with Crippen molar-refractivity contribution in [3.63, 3.8) is 0 Å². The van der Waals surface area contributed by atoms with Crippen LogP contribution in [0.5, 0.6) is 0 Å². The summed E-state index contributed by atoms with van der Waals surface area (Å²) in [6, 6.07) is 2.47. The molecule has 2 aromatic heterocycles. The van der Waals surface area contributed by atoms with Gasteiger partial charge in [0.2, 0.25) is 5.95 Å². The van der Waals surface area contributed by atoms with Crippen LogP contribution in [0.2, 0.25) is 0 Å². The highest BCUT2D eigenvalue weighted by molar-refractivity contribution is 5.40. The second-order valence-corrected chi connectivity index (χ2v) is 6.36. The highest BCUT2D eigenvalue weighted by atomic mass is 15.3. The van der Waals surface area contributed by atoms with Gasteiger partial charge in [-0.15, -0.1) is 5.10 Å². The molecule has 1 fully saturated rings. The van der Waals surface area contributed by atoms with Crippen LogP contribution in [0.4, 0.5) is 11.8 Å². The van der Waals surface area contributed by atoms with Crippen molar-refractivity contribution in [3.8, 4) is 0 Å². The van der Waals surface area contributed by atoms with Crippen LogP contribution in [0.25, 0.3) is 0 Å². The summed E-state index contributed by atoms with van der Waals surface area (Å²) in [6.07, 6.45) is 6.43. The number of nitrogens with one attached hydrogen (secondary N) is 1. The number of hydrogen-bond donors (Lipinski definition) is 1. The molecule has 1 saturated heterocycles. The van der Waals surface area contributed by atoms with Crippen LogP contribution < -0.4 is 10.2 Å². The molecule has 0 amide bonds. The Morgan fingerprint density at radius 1 is 1.00 bits per heavy atom. The summed E-state index contributed by atoms with van der Waals surface area (Å²) >= 11 is 0. The lowest BCUT2D eigenvalue weighted by molar-refractivity contribution is 0.519. The van der Waals surface area contributed by atoms with Crippen LogP contribution in [0.1, 0.15) is 50.7 Å². The molecule has 0 aromatic carbocycles. The van der Waals surface area contributed by atoms with Crippen LogP contribution in [0, 0.1) is 0 Å². The fraction of sp³-hybridized carbons (Fsp3) is 0.611. The molecule has 0 saturated carbocycles. The van der Waals surface area contributed by atoms with Crippen LogP contribution >= 0.6 is 0 Å². The van der Waals surface area contributed by atoms with Crippen molar-refractivity contribution in [1.82, 2.24) is 25.1 Å². The minimum Gasteiger partial charge on any atom is -0.356 e. The van der Waals surface area contributed by atoms with Gasteiger partial charge in [0.25, 0.3) is 0 Å². The van der Waals surface area contributed by atoms with Crippen molar-refractivity contribution >= 4 is 11.8 Å². The van der Waals surface area contributed by atoms with Gasteiger partial charge in [0.05, 0.1) is 11.4 Å². The number of piperidine rings is 1. The number of aryl methyl sites for hydroxylation is 3. The predicted molar refractivity (Wildman–Crippen MR) is 98.9 cm³/mol. The molecule has 0 aliphatic carbocycles. The van der Waals surface area contributed by atoms with E-state index in [-0.39, 0.29) is 0 Å². The zero-order valence-electron chi connectivity index (χ0n) is 15.4. The molecule has 1 N–H and O–H groups in total. The van der Waals surface area contributed by atoms with Gasteiger partial charge in [0, 0.05) is 30.9 Å². The summed E-state index contributed by atoms with van der Waals surface area (Å²) in [6.45, 7) is 8.26. The molecule has 25 heavy (non-hydrogen) atoms. The van der Waals surface area contributed by atoms with Crippen molar-refractivity contribution in [3.05, 3.63) is 29.5 Å². The van der Waals surface area contributed by atoms with Crippen molar-refractivity contribution in [2.75, 3.05) is 23.3 Å². The Morgan fingerprint density at radius 2 is 1.76 bits per heavy atom. The summed E-state index contributed by atoms with van der Waals surface area (Å²) in [4.78, 5) is 15.7. The summed E-state index contributed by atoms with van der Waals surface area (Å²) < 4.78 is 0. The molecule has 0 atom stereocenters. The molecule has 2 aromatic rings. The van der Waals surface area contributed by atoms with E-state index < -0.39 is 0 Å². The van der Waals surface area contributed by atoms with E-state index in [4.69, 9.17) is 0 Å². The molecule has 0 radical (unpaired) electrons. The molecular formula is C18H27N7. The molecule has 0 bridgehead atoms. The molecule has 1 aliphatic heterocycles. The van der Waals surface area contributed by atoms with Crippen molar-refractivity contribution in [2.24, 2.45) is 0 Å². The zero-order chi connectivity index (χ0) is 17.6. The first-order valence-electron chi connectivity index (χ1n) is 9.28. The lowest BCUT2D eigenvalue weighted by atomic mass is 10.1. The van der Waals surface area contributed by atoms with Gasteiger partial charge in [-0.3, -0.25) is 0 Å². The average molecular weight is 341 g/mol. The van der Waals surface area contributed by atoms with E-state index >= 15 is 0 Å². The molecule has 134 valence electrons. The Balaban J connectivity index is 1.59. The molecule has 3 rings (SSSR count). The average Bonchev–Trinajstić information content (AvgIpc) is 2.68.